The number of aliphatic hydroxyl groups excluding tert-OH is 1. The number of aliphatic carboxylic acids is 1. The van der Waals surface area contributed by atoms with E-state index in [0.717, 1.165) is 12.8 Å². The largest absolute Gasteiger partial charge is 0.480 e. The highest BCUT2D eigenvalue weighted by molar-refractivity contribution is 5.73. The summed E-state index contributed by atoms with van der Waals surface area (Å²) >= 11 is 0. The zero-order valence-corrected chi connectivity index (χ0v) is 11.0. The lowest BCUT2D eigenvalue weighted by Gasteiger charge is -2.22. The van der Waals surface area contributed by atoms with Crippen molar-refractivity contribution in [3.63, 3.8) is 0 Å². The number of nitrogens with one attached hydrogen (secondary N) is 1. The van der Waals surface area contributed by atoms with Gasteiger partial charge in [0.15, 0.2) is 0 Å². The van der Waals surface area contributed by atoms with Crippen molar-refractivity contribution in [2.24, 2.45) is 11.7 Å². The summed E-state index contributed by atoms with van der Waals surface area (Å²) in [5, 5.41) is 21.6. The first kappa shape index (κ1) is 16.4. The number of carbonyl (C=O) groups is 1. The molecule has 0 amide bonds. The van der Waals surface area contributed by atoms with Gasteiger partial charge in [0.2, 0.25) is 0 Å². The monoisotopic (exact) mass is 246 g/mol. The summed E-state index contributed by atoms with van der Waals surface area (Å²) in [7, 11) is 0. The van der Waals surface area contributed by atoms with Crippen molar-refractivity contribution in [1.29, 1.82) is 0 Å². The van der Waals surface area contributed by atoms with E-state index in [-0.39, 0.29) is 12.6 Å². The molecule has 0 aromatic carbocycles. The topological polar surface area (TPSA) is 95.6 Å². The normalized spacial score (nSPS) is 16.8. The highest BCUT2D eigenvalue weighted by Gasteiger charge is 2.20. The third kappa shape index (κ3) is 7.31. The van der Waals surface area contributed by atoms with Crippen LogP contribution in [0.25, 0.3) is 0 Å². The molecule has 0 fully saturated rings. The molecule has 0 aliphatic rings. The van der Waals surface area contributed by atoms with Crippen LogP contribution < -0.4 is 11.1 Å². The molecule has 17 heavy (non-hydrogen) atoms. The molecule has 0 aromatic heterocycles. The quantitative estimate of drug-likeness (QED) is 0.477. The van der Waals surface area contributed by atoms with Gasteiger partial charge < -0.3 is 21.3 Å². The second-order valence-corrected chi connectivity index (χ2v) is 4.95. The number of carboxylic acids is 1. The SMILES string of the molecule is CCC[C@H](NC[C@@H](O)[C@@H](N)CC(C)C)C(=O)O. The van der Waals surface area contributed by atoms with Crippen LogP contribution in [0.4, 0.5) is 0 Å². The number of aliphatic hydroxyl groups is 1. The Labute approximate surface area is 103 Å². The smallest absolute Gasteiger partial charge is 0.320 e. The molecule has 0 radical (unpaired) electrons. The molecule has 0 unspecified atom stereocenters. The summed E-state index contributed by atoms with van der Waals surface area (Å²) in [6.45, 7) is 6.23. The molecule has 0 aliphatic heterocycles. The van der Waals surface area contributed by atoms with E-state index < -0.39 is 18.1 Å². The minimum Gasteiger partial charge on any atom is -0.480 e. The van der Waals surface area contributed by atoms with Gasteiger partial charge in [0.05, 0.1) is 6.10 Å². The molecule has 0 aromatic rings. The van der Waals surface area contributed by atoms with E-state index in [2.05, 4.69) is 5.32 Å². The molecular formula is C12H26N2O3. The fraction of sp³-hybridized carbons (Fsp3) is 0.917. The van der Waals surface area contributed by atoms with Crippen LogP contribution in [-0.4, -0.2) is 40.9 Å². The van der Waals surface area contributed by atoms with Crippen LogP contribution in [0.5, 0.6) is 0 Å². The van der Waals surface area contributed by atoms with Crippen molar-refractivity contribution < 1.29 is 15.0 Å². The average molecular weight is 246 g/mol. The Morgan fingerprint density at radius 3 is 2.41 bits per heavy atom. The molecular weight excluding hydrogens is 220 g/mol. The molecule has 0 bridgehead atoms. The van der Waals surface area contributed by atoms with E-state index in [4.69, 9.17) is 10.8 Å². The van der Waals surface area contributed by atoms with E-state index in [1.165, 1.54) is 0 Å². The molecule has 5 heteroatoms. The summed E-state index contributed by atoms with van der Waals surface area (Å²) in [5.41, 5.74) is 5.82. The maximum atomic E-state index is 10.9. The Hall–Kier alpha value is -0.650. The Morgan fingerprint density at radius 1 is 1.41 bits per heavy atom. The number of rotatable bonds is 9. The second kappa shape index (κ2) is 8.44. The van der Waals surface area contributed by atoms with Gasteiger partial charge in [-0.2, -0.15) is 0 Å². The zero-order valence-electron chi connectivity index (χ0n) is 11.0. The number of nitrogens with two attached hydrogens (primary N) is 1. The first-order valence-corrected chi connectivity index (χ1v) is 6.28. The molecule has 0 spiro atoms. The van der Waals surface area contributed by atoms with E-state index in [9.17, 15) is 9.90 Å². The molecule has 5 N–H and O–H groups in total. The van der Waals surface area contributed by atoms with Crippen LogP contribution in [-0.2, 0) is 4.79 Å². The van der Waals surface area contributed by atoms with Crippen molar-refractivity contribution in [1.82, 2.24) is 5.32 Å². The van der Waals surface area contributed by atoms with Crippen molar-refractivity contribution in [3.05, 3.63) is 0 Å². The van der Waals surface area contributed by atoms with E-state index in [1.807, 2.05) is 20.8 Å². The predicted molar refractivity (Wildman–Crippen MR) is 67.8 cm³/mol. The van der Waals surface area contributed by atoms with Crippen molar-refractivity contribution in [2.45, 2.75) is 58.2 Å². The third-order valence-electron chi connectivity index (χ3n) is 2.69. The van der Waals surface area contributed by atoms with Crippen LogP contribution in [0.3, 0.4) is 0 Å². The Morgan fingerprint density at radius 2 is 2.00 bits per heavy atom. The molecule has 0 saturated heterocycles. The summed E-state index contributed by atoms with van der Waals surface area (Å²) in [6, 6.07) is -0.903. The van der Waals surface area contributed by atoms with Crippen molar-refractivity contribution in [2.75, 3.05) is 6.54 Å². The minimum atomic E-state index is -0.878. The fourth-order valence-corrected chi connectivity index (χ4v) is 1.72. The van der Waals surface area contributed by atoms with Crippen LogP contribution in [0, 0.1) is 5.92 Å². The second-order valence-electron chi connectivity index (χ2n) is 4.95. The molecule has 5 nitrogen and oxygen atoms in total. The van der Waals surface area contributed by atoms with Gasteiger partial charge in [0.1, 0.15) is 6.04 Å². The highest BCUT2D eigenvalue weighted by Crippen LogP contribution is 2.06. The first-order chi connectivity index (χ1) is 7.88. The van der Waals surface area contributed by atoms with Gasteiger partial charge in [-0.05, 0) is 18.8 Å². The first-order valence-electron chi connectivity index (χ1n) is 6.28. The Bertz CT molecular complexity index is 222. The minimum absolute atomic E-state index is 0.227. The van der Waals surface area contributed by atoms with Gasteiger partial charge in [-0.25, -0.2) is 0 Å². The van der Waals surface area contributed by atoms with Crippen molar-refractivity contribution in [3.8, 4) is 0 Å². The van der Waals surface area contributed by atoms with Gasteiger partial charge in [-0.3, -0.25) is 4.79 Å². The Kier molecular flexibility index (Phi) is 8.12. The zero-order chi connectivity index (χ0) is 13.4. The van der Waals surface area contributed by atoms with Gasteiger partial charge in [-0.1, -0.05) is 27.2 Å². The lowest BCUT2D eigenvalue weighted by Crippen LogP contribution is -2.47. The summed E-state index contributed by atoms with van der Waals surface area (Å²) in [6.07, 6.45) is 1.38. The molecule has 3 atom stereocenters. The standard InChI is InChI=1S/C12H26N2O3/c1-4-5-10(12(16)17)14-7-11(15)9(13)6-8(2)3/h8-11,14-15H,4-7,13H2,1-3H3,(H,16,17)/t9-,10-,11+/m0/s1. The lowest BCUT2D eigenvalue weighted by molar-refractivity contribution is -0.139. The average Bonchev–Trinajstić information content (AvgIpc) is 2.22. The van der Waals surface area contributed by atoms with E-state index in [1.54, 1.807) is 0 Å². The third-order valence-corrected chi connectivity index (χ3v) is 2.69. The molecule has 102 valence electrons. The Balaban J connectivity index is 4.02. The van der Waals surface area contributed by atoms with Gasteiger partial charge >= 0.3 is 5.97 Å². The van der Waals surface area contributed by atoms with Gasteiger partial charge in [0.25, 0.3) is 0 Å². The summed E-state index contributed by atoms with van der Waals surface area (Å²) in [5.74, 6) is -0.456. The van der Waals surface area contributed by atoms with E-state index >= 15 is 0 Å². The number of hydrogen-bond donors (Lipinski definition) is 4. The van der Waals surface area contributed by atoms with Crippen molar-refractivity contribution >= 4 is 5.97 Å². The summed E-state index contributed by atoms with van der Waals surface area (Å²) in [4.78, 5) is 10.9. The fourth-order valence-electron chi connectivity index (χ4n) is 1.72. The van der Waals surface area contributed by atoms with Crippen LogP contribution in [0.15, 0.2) is 0 Å². The van der Waals surface area contributed by atoms with Gasteiger partial charge in [-0.15, -0.1) is 0 Å². The molecule has 0 saturated carbocycles. The lowest BCUT2D eigenvalue weighted by atomic mass is 10.00. The maximum Gasteiger partial charge on any atom is 0.320 e. The highest BCUT2D eigenvalue weighted by atomic mass is 16.4. The molecule has 0 heterocycles. The molecule has 0 aliphatic carbocycles. The number of hydrogen-bond acceptors (Lipinski definition) is 4. The van der Waals surface area contributed by atoms with Gasteiger partial charge in [0, 0.05) is 12.6 Å². The van der Waals surface area contributed by atoms with Crippen LogP contribution in [0.2, 0.25) is 0 Å². The van der Waals surface area contributed by atoms with E-state index in [0.29, 0.717) is 12.3 Å². The summed E-state index contributed by atoms with van der Waals surface area (Å²) < 4.78 is 0. The number of carboxylic acid groups (broad SMARTS) is 1. The predicted octanol–water partition coefficient (Wildman–Crippen LogP) is 0.564. The maximum absolute atomic E-state index is 10.9. The van der Waals surface area contributed by atoms with Crippen LogP contribution >= 0.6 is 0 Å². The van der Waals surface area contributed by atoms with Crippen LogP contribution in [0.1, 0.15) is 40.0 Å². The molecule has 0 rings (SSSR count).